The Morgan fingerprint density at radius 3 is 2.22 bits per heavy atom. The lowest BCUT2D eigenvalue weighted by Gasteiger charge is -2.26. The summed E-state index contributed by atoms with van der Waals surface area (Å²) in [5, 5.41) is 21.6. The van der Waals surface area contributed by atoms with Gasteiger partial charge in [-0.15, -0.1) is 0 Å². The van der Waals surface area contributed by atoms with E-state index in [1.165, 1.54) is 47.6 Å². The quantitative estimate of drug-likeness (QED) is 0.0698. The minimum absolute atomic E-state index is 0.0269. The van der Waals surface area contributed by atoms with Gasteiger partial charge in [-0.1, -0.05) is 0 Å². The van der Waals surface area contributed by atoms with Crippen LogP contribution in [0.2, 0.25) is 0 Å². The van der Waals surface area contributed by atoms with Crippen molar-refractivity contribution >= 4 is 55.5 Å². The van der Waals surface area contributed by atoms with Gasteiger partial charge >= 0.3 is 15.6 Å². The maximum absolute atomic E-state index is 13.4. The van der Waals surface area contributed by atoms with Crippen molar-refractivity contribution in [3.63, 3.8) is 0 Å². The van der Waals surface area contributed by atoms with E-state index in [4.69, 9.17) is 45.0 Å². The SMILES string of the molecule is CO[C@@H]1[C@H](OP(=O)(O)OC[C@H]2O[C@@H](n3cnc4c(N)nc(N)nc43)[C@H](O)[C@@H]2O)[C@@H](COP(=O)(O)n2ccnc2)O[C@H]1n1cnc2c(N)ncnc21. The molecule has 0 saturated carbocycles. The van der Waals surface area contributed by atoms with E-state index >= 15 is 0 Å². The first-order chi connectivity index (χ1) is 24.3. The number of aromatic nitrogens is 10. The zero-order valence-corrected chi connectivity index (χ0v) is 27.9. The molecule has 7 heterocycles. The number of phosphoric acid groups is 1. The molecule has 0 amide bonds. The molecule has 10 N–H and O–H groups in total. The molecule has 0 bridgehead atoms. The van der Waals surface area contributed by atoms with E-state index in [-0.39, 0.29) is 39.9 Å². The van der Waals surface area contributed by atoms with E-state index in [0.29, 0.717) is 0 Å². The van der Waals surface area contributed by atoms with Crippen LogP contribution in [0.4, 0.5) is 17.6 Å². The summed E-state index contributed by atoms with van der Waals surface area (Å²) in [5.41, 5.74) is 18.2. The summed E-state index contributed by atoms with van der Waals surface area (Å²) in [4.78, 5) is 49.4. The first-order valence-corrected chi connectivity index (χ1v) is 17.8. The van der Waals surface area contributed by atoms with E-state index in [9.17, 15) is 29.1 Å². The minimum atomic E-state index is -5.11. The van der Waals surface area contributed by atoms with Crippen molar-refractivity contribution in [2.24, 2.45) is 0 Å². The number of nitrogens with two attached hydrogens (primary N) is 3. The van der Waals surface area contributed by atoms with Crippen LogP contribution in [0.5, 0.6) is 0 Å². The molecule has 2 saturated heterocycles. The third-order valence-electron chi connectivity index (χ3n) is 8.14. The molecule has 5 aromatic heterocycles. The molecular weight excluding hydrogens is 724 g/mol. The van der Waals surface area contributed by atoms with Crippen LogP contribution in [0.3, 0.4) is 0 Å². The van der Waals surface area contributed by atoms with Crippen molar-refractivity contribution in [3.8, 4) is 0 Å². The minimum Gasteiger partial charge on any atom is -0.387 e. The first kappa shape index (κ1) is 35.2. The summed E-state index contributed by atoms with van der Waals surface area (Å²) in [6, 6.07) is 0. The number of methoxy groups -OCH3 is 1. The average molecular weight is 756 g/mol. The molecule has 0 radical (unpaired) electrons. The Balaban J connectivity index is 1.10. The molecular formula is C24H31N13O12P2. The molecule has 2 unspecified atom stereocenters. The summed E-state index contributed by atoms with van der Waals surface area (Å²) >= 11 is 0. The Hall–Kier alpha value is -4.23. The van der Waals surface area contributed by atoms with Crippen LogP contribution in [0.15, 0.2) is 37.7 Å². The van der Waals surface area contributed by atoms with Gasteiger partial charge in [0.25, 0.3) is 0 Å². The Morgan fingerprint density at radius 1 is 0.824 bits per heavy atom. The van der Waals surface area contributed by atoms with Crippen LogP contribution in [0, 0.1) is 0 Å². The van der Waals surface area contributed by atoms with Gasteiger partial charge in [0.2, 0.25) is 5.95 Å². The summed E-state index contributed by atoms with van der Waals surface area (Å²) in [7, 11) is -8.35. The summed E-state index contributed by atoms with van der Waals surface area (Å²) in [6.07, 6.45) is -3.79. The molecule has 5 aromatic rings. The second kappa shape index (κ2) is 13.4. The van der Waals surface area contributed by atoms with Crippen LogP contribution < -0.4 is 17.2 Å². The molecule has 27 heteroatoms. The van der Waals surface area contributed by atoms with Gasteiger partial charge in [-0.25, -0.2) is 38.4 Å². The van der Waals surface area contributed by atoms with Gasteiger partial charge in [-0.2, -0.15) is 9.97 Å². The number of nitrogen functional groups attached to an aromatic ring is 3. The maximum atomic E-state index is 13.4. The number of phosphoric ester groups is 1. The van der Waals surface area contributed by atoms with Gasteiger partial charge in [-0.3, -0.25) is 22.7 Å². The van der Waals surface area contributed by atoms with Crippen molar-refractivity contribution in [3.05, 3.63) is 37.7 Å². The van der Waals surface area contributed by atoms with Crippen LogP contribution in [-0.2, 0) is 36.9 Å². The zero-order valence-electron chi connectivity index (χ0n) is 26.2. The molecule has 10 atom stereocenters. The smallest absolute Gasteiger partial charge is 0.387 e. The molecule has 25 nitrogen and oxygen atoms in total. The van der Waals surface area contributed by atoms with Gasteiger partial charge in [0.05, 0.1) is 25.9 Å². The molecule has 2 aliphatic rings. The highest BCUT2D eigenvalue weighted by molar-refractivity contribution is 7.51. The van der Waals surface area contributed by atoms with Gasteiger partial charge in [0, 0.05) is 19.5 Å². The number of anilines is 3. The van der Waals surface area contributed by atoms with Gasteiger partial charge in [0.1, 0.15) is 60.3 Å². The Labute approximate surface area is 285 Å². The number of hydrogen-bond donors (Lipinski definition) is 7. The fourth-order valence-electron chi connectivity index (χ4n) is 5.73. The van der Waals surface area contributed by atoms with Crippen molar-refractivity contribution in [2.75, 3.05) is 37.5 Å². The molecule has 0 aromatic carbocycles. The van der Waals surface area contributed by atoms with Crippen LogP contribution in [-0.4, -0.2) is 125 Å². The lowest BCUT2D eigenvalue weighted by atomic mass is 10.1. The third-order valence-corrected chi connectivity index (χ3v) is 10.4. The fourth-order valence-corrected chi connectivity index (χ4v) is 7.58. The Morgan fingerprint density at radius 2 is 1.51 bits per heavy atom. The molecule has 2 aliphatic heterocycles. The normalized spacial score (nSPS) is 29.1. The average Bonchev–Trinajstić information content (AvgIpc) is 3.92. The number of aliphatic hydroxyl groups is 2. The van der Waals surface area contributed by atoms with Crippen LogP contribution in [0.1, 0.15) is 12.5 Å². The number of rotatable bonds is 12. The molecule has 2 fully saturated rings. The number of fused-ring (bicyclic) bond motifs is 2. The van der Waals surface area contributed by atoms with E-state index < -0.39 is 77.9 Å². The van der Waals surface area contributed by atoms with Gasteiger partial charge in [-0.05, 0) is 0 Å². The zero-order chi connectivity index (χ0) is 36.2. The Kier molecular flexibility index (Phi) is 9.24. The standard InChI is InChI=1S/C24H31N13O12P2/c1-44-17-16(11(5-45-50(40,41)35-3-2-28-7-35)48-23(17)36-8-31-12-18(25)29-6-30-20(12)36)49-51(42,43)46-4-10-14(38)15(39)22(47-10)37-9-32-13-19(26)33-24(27)34-21(13)37/h2-3,6-11,14-17,22-23,38-39H,4-5H2,1H3,(H,40,41)(H,42,43)(H2,25,29,30)(H4,26,27,33,34)/t10-,11-,14-,15-,16-,17-,22-,23-/m1/s1. The number of hydrogen-bond acceptors (Lipinski definition) is 20. The van der Waals surface area contributed by atoms with E-state index in [1.807, 2.05) is 0 Å². The van der Waals surface area contributed by atoms with E-state index in [1.54, 1.807) is 0 Å². The lowest BCUT2D eigenvalue weighted by molar-refractivity contribution is -0.0580. The van der Waals surface area contributed by atoms with Crippen LogP contribution in [0.25, 0.3) is 22.3 Å². The Bertz CT molecular complexity index is 2140. The van der Waals surface area contributed by atoms with Gasteiger partial charge < -0.3 is 51.4 Å². The fraction of sp³-hybridized carbons (Fsp3) is 0.458. The molecule has 51 heavy (non-hydrogen) atoms. The second-order valence-corrected chi connectivity index (χ2v) is 14.4. The number of nitrogens with zero attached hydrogens (tertiary/aromatic N) is 10. The number of imidazole rings is 3. The summed E-state index contributed by atoms with van der Waals surface area (Å²) in [5.74, 6) is -0.132. The third kappa shape index (κ3) is 6.54. The largest absolute Gasteiger partial charge is 0.472 e. The predicted octanol–water partition coefficient (Wildman–Crippen LogP) is -1.69. The molecule has 0 aliphatic carbocycles. The maximum Gasteiger partial charge on any atom is 0.472 e. The lowest BCUT2D eigenvalue weighted by Crippen LogP contribution is -2.38. The number of aliphatic hydroxyl groups excluding tert-OH is 2. The summed E-state index contributed by atoms with van der Waals surface area (Å²) in [6.45, 7) is -1.43. The van der Waals surface area contributed by atoms with Crippen molar-refractivity contribution in [2.45, 2.75) is 49.1 Å². The highest BCUT2D eigenvalue weighted by Gasteiger charge is 2.52. The molecule has 274 valence electrons. The first-order valence-electron chi connectivity index (χ1n) is 14.8. The highest BCUT2D eigenvalue weighted by atomic mass is 31.2. The summed E-state index contributed by atoms with van der Waals surface area (Å²) < 4.78 is 63.5. The second-order valence-electron chi connectivity index (χ2n) is 11.2. The van der Waals surface area contributed by atoms with E-state index in [0.717, 1.165) is 10.7 Å². The molecule has 7 rings (SSSR count). The molecule has 0 spiro atoms. The monoisotopic (exact) mass is 755 g/mol. The van der Waals surface area contributed by atoms with Crippen LogP contribution >= 0.6 is 15.6 Å². The highest BCUT2D eigenvalue weighted by Crippen LogP contribution is 2.51. The van der Waals surface area contributed by atoms with Crippen molar-refractivity contribution in [1.82, 2.24) is 48.4 Å². The van der Waals surface area contributed by atoms with Crippen molar-refractivity contribution in [1.29, 1.82) is 0 Å². The van der Waals surface area contributed by atoms with Gasteiger partial charge in [0.15, 0.2) is 35.4 Å². The number of ether oxygens (including phenoxy) is 3. The topological polar surface area (TPSA) is 354 Å². The van der Waals surface area contributed by atoms with Crippen molar-refractivity contribution < 1.29 is 56.9 Å². The van der Waals surface area contributed by atoms with E-state index in [2.05, 4.69) is 34.9 Å². The predicted molar refractivity (Wildman–Crippen MR) is 169 cm³/mol.